The molecule has 0 spiro atoms. The molecule has 0 aliphatic heterocycles. The lowest BCUT2D eigenvalue weighted by molar-refractivity contribution is -0.120. The van der Waals surface area contributed by atoms with Crippen molar-refractivity contribution in [2.45, 2.75) is 43.8 Å². The van der Waals surface area contributed by atoms with Crippen molar-refractivity contribution in [3.05, 3.63) is 59.9 Å². The zero-order valence-electron chi connectivity index (χ0n) is 17.4. The van der Waals surface area contributed by atoms with E-state index >= 15 is 0 Å². The molecule has 8 heteroatoms. The first-order chi connectivity index (χ1) is 14.4. The summed E-state index contributed by atoms with van der Waals surface area (Å²) in [7, 11) is 1.62. The molecule has 0 aliphatic carbocycles. The predicted molar refractivity (Wildman–Crippen MR) is 116 cm³/mol. The second kappa shape index (κ2) is 9.75. The topological polar surface area (TPSA) is 69.0 Å². The molecule has 3 rings (SSSR count). The molecular weight excluding hydrogens is 403 g/mol. The van der Waals surface area contributed by atoms with Crippen molar-refractivity contribution in [1.29, 1.82) is 0 Å². The van der Waals surface area contributed by atoms with Crippen LogP contribution in [-0.4, -0.2) is 33.0 Å². The molecular formula is C22H25FN4O2S. The SMILES string of the molecule is CCn1c(S[C@@H](C)C(=O)N[C@H](C)c2ccc(F)cc2)nnc1-c1ccccc1OC. The molecule has 158 valence electrons. The number of carbonyl (C=O) groups excluding carboxylic acids is 1. The van der Waals surface area contributed by atoms with Gasteiger partial charge in [0.25, 0.3) is 0 Å². The molecule has 0 unspecified atom stereocenters. The van der Waals surface area contributed by atoms with E-state index in [2.05, 4.69) is 15.5 Å². The van der Waals surface area contributed by atoms with Crippen LogP contribution in [0.1, 0.15) is 32.4 Å². The van der Waals surface area contributed by atoms with Gasteiger partial charge in [0.1, 0.15) is 11.6 Å². The molecule has 0 fully saturated rings. The number of nitrogens with zero attached hydrogens (tertiary/aromatic N) is 3. The summed E-state index contributed by atoms with van der Waals surface area (Å²) in [4.78, 5) is 12.7. The summed E-state index contributed by atoms with van der Waals surface area (Å²) in [6, 6.07) is 13.5. The van der Waals surface area contributed by atoms with Gasteiger partial charge in [0.05, 0.1) is 24.0 Å². The number of thioether (sulfide) groups is 1. The van der Waals surface area contributed by atoms with Crippen LogP contribution in [0.5, 0.6) is 5.75 Å². The van der Waals surface area contributed by atoms with Gasteiger partial charge < -0.3 is 14.6 Å². The van der Waals surface area contributed by atoms with E-state index in [0.29, 0.717) is 17.5 Å². The number of methoxy groups -OCH3 is 1. The molecule has 0 bridgehead atoms. The lowest BCUT2D eigenvalue weighted by Gasteiger charge is -2.18. The molecule has 6 nitrogen and oxygen atoms in total. The summed E-state index contributed by atoms with van der Waals surface area (Å²) < 4.78 is 20.5. The fourth-order valence-corrected chi connectivity index (χ4v) is 3.99. The van der Waals surface area contributed by atoms with Crippen molar-refractivity contribution in [3.63, 3.8) is 0 Å². The maximum Gasteiger partial charge on any atom is 0.233 e. The highest BCUT2D eigenvalue weighted by molar-refractivity contribution is 8.00. The molecule has 1 amide bonds. The van der Waals surface area contributed by atoms with Crippen molar-refractivity contribution >= 4 is 17.7 Å². The number of rotatable bonds is 8. The Morgan fingerprint density at radius 1 is 1.17 bits per heavy atom. The molecule has 2 aromatic carbocycles. The van der Waals surface area contributed by atoms with Crippen LogP contribution in [0, 0.1) is 5.82 Å². The minimum absolute atomic E-state index is 0.124. The lowest BCUT2D eigenvalue weighted by Crippen LogP contribution is -2.33. The Labute approximate surface area is 179 Å². The molecule has 0 saturated carbocycles. The van der Waals surface area contributed by atoms with Crippen molar-refractivity contribution < 1.29 is 13.9 Å². The lowest BCUT2D eigenvalue weighted by atomic mass is 10.1. The van der Waals surface area contributed by atoms with Crippen LogP contribution >= 0.6 is 11.8 Å². The van der Waals surface area contributed by atoms with E-state index in [4.69, 9.17) is 4.74 Å². The fraction of sp³-hybridized carbons (Fsp3) is 0.318. The molecule has 0 saturated heterocycles. The molecule has 1 aromatic heterocycles. The second-order valence-corrected chi connectivity index (χ2v) is 8.10. The third kappa shape index (κ3) is 4.81. The Kier molecular flexibility index (Phi) is 7.10. The van der Waals surface area contributed by atoms with Gasteiger partial charge in [-0.25, -0.2) is 4.39 Å². The summed E-state index contributed by atoms with van der Waals surface area (Å²) in [6.45, 7) is 6.36. The van der Waals surface area contributed by atoms with Crippen LogP contribution in [0.4, 0.5) is 4.39 Å². The van der Waals surface area contributed by atoms with Crippen LogP contribution in [0.3, 0.4) is 0 Å². The van der Waals surface area contributed by atoms with E-state index in [9.17, 15) is 9.18 Å². The van der Waals surface area contributed by atoms with Gasteiger partial charge in [0.2, 0.25) is 5.91 Å². The number of para-hydroxylation sites is 1. The van der Waals surface area contributed by atoms with E-state index in [1.807, 2.05) is 49.6 Å². The molecule has 0 aliphatic rings. The molecule has 1 N–H and O–H groups in total. The number of carbonyl (C=O) groups is 1. The molecule has 1 heterocycles. The maximum absolute atomic E-state index is 13.1. The number of hydrogen-bond donors (Lipinski definition) is 1. The first-order valence-electron chi connectivity index (χ1n) is 9.73. The first kappa shape index (κ1) is 21.8. The van der Waals surface area contributed by atoms with Gasteiger partial charge >= 0.3 is 0 Å². The summed E-state index contributed by atoms with van der Waals surface area (Å²) in [5, 5.41) is 11.9. The predicted octanol–water partition coefficient (Wildman–Crippen LogP) is 4.47. The Morgan fingerprint density at radius 3 is 2.53 bits per heavy atom. The number of aromatic nitrogens is 3. The Hall–Kier alpha value is -2.87. The number of halogens is 1. The van der Waals surface area contributed by atoms with Crippen molar-refractivity contribution in [3.8, 4) is 17.1 Å². The number of amides is 1. The van der Waals surface area contributed by atoms with E-state index in [-0.39, 0.29) is 23.0 Å². The maximum atomic E-state index is 13.1. The van der Waals surface area contributed by atoms with Crippen LogP contribution in [0.15, 0.2) is 53.7 Å². The van der Waals surface area contributed by atoms with Gasteiger partial charge in [0.15, 0.2) is 11.0 Å². The Bertz CT molecular complexity index is 1010. The number of benzene rings is 2. The molecule has 0 radical (unpaired) electrons. The van der Waals surface area contributed by atoms with Gasteiger partial charge in [-0.3, -0.25) is 4.79 Å². The van der Waals surface area contributed by atoms with Gasteiger partial charge in [-0.2, -0.15) is 0 Å². The average Bonchev–Trinajstić information content (AvgIpc) is 3.16. The monoisotopic (exact) mass is 428 g/mol. The van der Waals surface area contributed by atoms with Crippen LogP contribution in [0.25, 0.3) is 11.4 Å². The average molecular weight is 429 g/mol. The molecule has 30 heavy (non-hydrogen) atoms. The van der Waals surface area contributed by atoms with Gasteiger partial charge in [0, 0.05) is 6.54 Å². The summed E-state index contributed by atoms with van der Waals surface area (Å²) >= 11 is 1.35. The fourth-order valence-electron chi connectivity index (χ4n) is 3.07. The zero-order valence-corrected chi connectivity index (χ0v) is 18.2. The smallest absolute Gasteiger partial charge is 0.233 e. The minimum Gasteiger partial charge on any atom is -0.496 e. The Morgan fingerprint density at radius 2 is 1.87 bits per heavy atom. The zero-order chi connectivity index (χ0) is 21.7. The highest BCUT2D eigenvalue weighted by atomic mass is 32.2. The summed E-state index contributed by atoms with van der Waals surface area (Å²) in [5.41, 5.74) is 1.69. The summed E-state index contributed by atoms with van der Waals surface area (Å²) in [5.74, 6) is 0.993. The first-order valence-corrected chi connectivity index (χ1v) is 10.6. The summed E-state index contributed by atoms with van der Waals surface area (Å²) in [6.07, 6.45) is 0. The number of ether oxygens (including phenoxy) is 1. The minimum atomic E-state index is -0.382. The number of hydrogen-bond acceptors (Lipinski definition) is 5. The van der Waals surface area contributed by atoms with Crippen LogP contribution in [0.2, 0.25) is 0 Å². The van der Waals surface area contributed by atoms with Crippen molar-refractivity contribution in [1.82, 2.24) is 20.1 Å². The largest absolute Gasteiger partial charge is 0.496 e. The van der Waals surface area contributed by atoms with Crippen molar-refractivity contribution in [2.75, 3.05) is 7.11 Å². The van der Waals surface area contributed by atoms with E-state index in [0.717, 1.165) is 16.9 Å². The van der Waals surface area contributed by atoms with Crippen LogP contribution in [-0.2, 0) is 11.3 Å². The highest BCUT2D eigenvalue weighted by Crippen LogP contribution is 2.32. The van der Waals surface area contributed by atoms with Crippen LogP contribution < -0.4 is 10.1 Å². The highest BCUT2D eigenvalue weighted by Gasteiger charge is 2.22. The quantitative estimate of drug-likeness (QED) is 0.536. The molecule has 2 atom stereocenters. The second-order valence-electron chi connectivity index (χ2n) is 6.79. The van der Waals surface area contributed by atoms with Gasteiger partial charge in [-0.1, -0.05) is 36.0 Å². The standard InChI is InChI=1S/C22H25FN4O2S/c1-5-27-20(18-8-6-7-9-19(18)29-4)25-26-22(27)30-15(3)21(28)24-14(2)16-10-12-17(23)13-11-16/h6-15H,5H2,1-4H3,(H,24,28)/t14-,15+/m1/s1. The molecule has 3 aromatic rings. The third-order valence-corrected chi connectivity index (χ3v) is 5.84. The van der Waals surface area contributed by atoms with E-state index in [1.54, 1.807) is 19.2 Å². The van der Waals surface area contributed by atoms with E-state index in [1.165, 1.54) is 23.9 Å². The van der Waals surface area contributed by atoms with Gasteiger partial charge in [-0.05, 0) is 50.6 Å². The number of nitrogens with one attached hydrogen (secondary N) is 1. The van der Waals surface area contributed by atoms with Crippen molar-refractivity contribution in [2.24, 2.45) is 0 Å². The normalized spacial score (nSPS) is 13.0. The Balaban J connectivity index is 1.73. The van der Waals surface area contributed by atoms with Gasteiger partial charge in [-0.15, -0.1) is 10.2 Å². The van der Waals surface area contributed by atoms with E-state index < -0.39 is 0 Å². The third-order valence-electron chi connectivity index (χ3n) is 4.76.